The Bertz CT molecular complexity index is 747. The fourth-order valence-corrected chi connectivity index (χ4v) is 4.83. The number of hydrogen-bond acceptors (Lipinski definition) is 5. The second-order valence-electron chi connectivity index (χ2n) is 8.45. The largest absolute Gasteiger partial charge is 0.479 e. The first-order valence-corrected chi connectivity index (χ1v) is 10.8. The predicted molar refractivity (Wildman–Crippen MR) is 110 cm³/mol. The molecule has 3 atom stereocenters. The smallest absolute Gasteiger partial charge is 0.268 e. The second kappa shape index (κ2) is 8.71. The summed E-state index contributed by atoms with van der Waals surface area (Å²) in [6.45, 7) is 3.50. The summed E-state index contributed by atoms with van der Waals surface area (Å²) in [5.41, 5.74) is 0.645. The first kappa shape index (κ1) is 20.2. The van der Waals surface area contributed by atoms with Crippen LogP contribution >= 0.6 is 0 Å². The molecule has 7 nitrogen and oxygen atoms in total. The van der Waals surface area contributed by atoms with E-state index in [-0.39, 0.29) is 36.5 Å². The number of aliphatic hydroxyl groups is 1. The van der Waals surface area contributed by atoms with Crippen LogP contribution < -0.4 is 15.0 Å². The Morgan fingerprint density at radius 2 is 1.90 bits per heavy atom. The fourth-order valence-electron chi connectivity index (χ4n) is 4.83. The van der Waals surface area contributed by atoms with Gasteiger partial charge in [-0.2, -0.15) is 0 Å². The van der Waals surface area contributed by atoms with Crippen LogP contribution in [0, 0.1) is 0 Å². The highest BCUT2D eigenvalue weighted by Gasteiger charge is 2.34. The van der Waals surface area contributed by atoms with Crippen LogP contribution in [-0.2, 0) is 9.59 Å². The Morgan fingerprint density at radius 3 is 2.66 bits per heavy atom. The molecular weight excluding hydrogens is 370 g/mol. The number of carbonyl (C=O) groups excluding carboxylic acids is 2. The van der Waals surface area contributed by atoms with E-state index >= 15 is 0 Å². The van der Waals surface area contributed by atoms with Crippen molar-refractivity contribution < 1.29 is 19.4 Å². The van der Waals surface area contributed by atoms with Crippen molar-refractivity contribution in [3.8, 4) is 5.75 Å². The monoisotopic (exact) mass is 401 g/mol. The molecule has 3 unspecified atom stereocenters. The molecule has 158 valence electrons. The van der Waals surface area contributed by atoms with Gasteiger partial charge in [-0.25, -0.2) is 0 Å². The lowest BCUT2D eigenvalue weighted by molar-refractivity contribution is -0.128. The summed E-state index contributed by atoms with van der Waals surface area (Å²) in [6, 6.07) is 7.70. The molecule has 4 rings (SSSR count). The van der Waals surface area contributed by atoms with Crippen molar-refractivity contribution in [2.24, 2.45) is 0 Å². The molecular formula is C22H31N3O4. The molecule has 0 radical (unpaired) electrons. The average molecular weight is 402 g/mol. The molecule has 2 heterocycles. The number of piperidine rings is 1. The zero-order valence-corrected chi connectivity index (χ0v) is 17.0. The van der Waals surface area contributed by atoms with Gasteiger partial charge in [-0.3, -0.25) is 19.4 Å². The van der Waals surface area contributed by atoms with E-state index in [2.05, 4.69) is 10.2 Å². The lowest BCUT2D eigenvalue weighted by Gasteiger charge is -2.41. The standard InChI is InChI=1S/C22H31N3O4/c1-15-22(28)25(18-7-3-5-9-20(18)29-15)14-21(27)23-16-10-12-24(13-11-16)17-6-2-4-8-19(17)26/h3,5,7,9,15-17,19,26H,2,4,6,8,10-14H2,1H3,(H,23,27). The Hall–Kier alpha value is -2.12. The normalized spacial score (nSPS) is 28.6. The van der Waals surface area contributed by atoms with Gasteiger partial charge in [0.05, 0.1) is 11.8 Å². The van der Waals surface area contributed by atoms with Crippen molar-refractivity contribution in [1.82, 2.24) is 10.2 Å². The van der Waals surface area contributed by atoms with Crippen LogP contribution in [0.2, 0.25) is 0 Å². The van der Waals surface area contributed by atoms with Gasteiger partial charge in [0.1, 0.15) is 12.3 Å². The number of nitrogens with one attached hydrogen (secondary N) is 1. The fraction of sp³-hybridized carbons (Fsp3) is 0.636. The molecule has 0 aromatic heterocycles. The SMILES string of the molecule is CC1Oc2ccccc2N(CC(=O)NC2CCN(C3CCCCC3O)CC2)C1=O. The number of aliphatic hydroxyl groups excluding tert-OH is 1. The number of ether oxygens (including phenoxy) is 1. The molecule has 0 spiro atoms. The molecule has 2 aliphatic heterocycles. The number of likely N-dealkylation sites (tertiary alicyclic amines) is 1. The van der Waals surface area contributed by atoms with Crippen LogP contribution in [0.5, 0.6) is 5.75 Å². The number of carbonyl (C=O) groups is 2. The van der Waals surface area contributed by atoms with Gasteiger partial charge in [-0.1, -0.05) is 25.0 Å². The van der Waals surface area contributed by atoms with Gasteiger partial charge in [-0.15, -0.1) is 0 Å². The lowest BCUT2D eigenvalue weighted by Crippen LogP contribution is -2.54. The van der Waals surface area contributed by atoms with Crippen LogP contribution in [0.1, 0.15) is 45.4 Å². The Labute approximate surface area is 172 Å². The van der Waals surface area contributed by atoms with Gasteiger partial charge in [-0.05, 0) is 44.7 Å². The number of rotatable bonds is 4. The highest BCUT2D eigenvalue weighted by Crippen LogP contribution is 2.33. The maximum Gasteiger partial charge on any atom is 0.268 e. The summed E-state index contributed by atoms with van der Waals surface area (Å²) in [5.74, 6) is 0.296. The molecule has 2 fully saturated rings. The van der Waals surface area contributed by atoms with Crippen molar-refractivity contribution in [2.45, 2.75) is 69.7 Å². The quantitative estimate of drug-likeness (QED) is 0.802. The molecule has 0 bridgehead atoms. The molecule has 7 heteroatoms. The molecule has 2 N–H and O–H groups in total. The van der Waals surface area contributed by atoms with E-state index < -0.39 is 6.10 Å². The first-order valence-electron chi connectivity index (χ1n) is 10.8. The number of nitrogens with zero attached hydrogens (tertiary/aromatic N) is 2. The second-order valence-corrected chi connectivity index (χ2v) is 8.45. The molecule has 1 aromatic rings. The van der Waals surface area contributed by atoms with Gasteiger partial charge < -0.3 is 15.2 Å². The molecule has 1 saturated heterocycles. The first-order chi connectivity index (χ1) is 14.0. The van der Waals surface area contributed by atoms with Crippen LogP contribution in [0.3, 0.4) is 0 Å². The predicted octanol–water partition coefficient (Wildman–Crippen LogP) is 1.68. The highest BCUT2D eigenvalue weighted by atomic mass is 16.5. The summed E-state index contributed by atoms with van der Waals surface area (Å²) < 4.78 is 5.64. The van der Waals surface area contributed by atoms with Crippen LogP contribution in [0.15, 0.2) is 24.3 Å². The van der Waals surface area contributed by atoms with E-state index in [1.165, 1.54) is 11.3 Å². The minimum absolute atomic E-state index is 0.00506. The molecule has 3 aliphatic rings. The summed E-state index contributed by atoms with van der Waals surface area (Å²) in [6.07, 6.45) is 5.20. The highest BCUT2D eigenvalue weighted by molar-refractivity contribution is 6.03. The van der Waals surface area contributed by atoms with Crippen molar-refractivity contribution in [1.29, 1.82) is 0 Å². The minimum atomic E-state index is -0.595. The maximum absolute atomic E-state index is 12.7. The average Bonchev–Trinajstić information content (AvgIpc) is 2.72. The van der Waals surface area contributed by atoms with E-state index in [1.54, 1.807) is 13.0 Å². The van der Waals surface area contributed by atoms with Gasteiger partial charge in [0.15, 0.2) is 6.10 Å². The van der Waals surface area contributed by atoms with E-state index in [1.807, 2.05) is 18.2 Å². The topological polar surface area (TPSA) is 82.1 Å². The number of hydrogen-bond donors (Lipinski definition) is 2. The van der Waals surface area contributed by atoms with Gasteiger partial charge in [0.25, 0.3) is 5.91 Å². The summed E-state index contributed by atoms with van der Waals surface area (Å²) in [4.78, 5) is 29.1. The summed E-state index contributed by atoms with van der Waals surface area (Å²) >= 11 is 0. The minimum Gasteiger partial charge on any atom is -0.479 e. The summed E-state index contributed by atoms with van der Waals surface area (Å²) in [5, 5.41) is 13.4. The number of fused-ring (bicyclic) bond motifs is 1. The molecule has 1 saturated carbocycles. The third-order valence-electron chi connectivity index (χ3n) is 6.43. The van der Waals surface area contributed by atoms with E-state index in [0.29, 0.717) is 11.4 Å². The third kappa shape index (κ3) is 4.41. The third-order valence-corrected chi connectivity index (χ3v) is 6.43. The van der Waals surface area contributed by atoms with Crippen molar-refractivity contribution in [3.05, 3.63) is 24.3 Å². The number of anilines is 1. The summed E-state index contributed by atoms with van der Waals surface area (Å²) in [7, 11) is 0. The number of benzene rings is 1. The zero-order valence-electron chi connectivity index (χ0n) is 17.0. The zero-order chi connectivity index (χ0) is 20.4. The Kier molecular flexibility index (Phi) is 6.06. The Morgan fingerprint density at radius 1 is 1.17 bits per heavy atom. The molecule has 1 aromatic carbocycles. The van der Waals surface area contributed by atoms with Gasteiger partial charge >= 0.3 is 0 Å². The van der Waals surface area contributed by atoms with E-state index in [4.69, 9.17) is 4.74 Å². The van der Waals surface area contributed by atoms with E-state index in [0.717, 1.165) is 45.2 Å². The Balaban J connectivity index is 1.31. The molecule has 29 heavy (non-hydrogen) atoms. The van der Waals surface area contributed by atoms with Crippen molar-refractivity contribution in [3.63, 3.8) is 0 Å². The molecule has 2 amide bonds. The lowest BCUT2D eigenvalue weighted by atomic mass is 9.89. The van der Waals surface area contributed by atoms with Crippen LogP contribution in [-0.4, -0.2) is 65.7 Å². The van der Waals surface area contributed by atoms with Crippen LogP contribution in [0.25, 0.3) is 0 Å². The maximum atomic E-state index is 12.7. The van der Waals surface area contributed by atoms with Crippen LogP contribution in [0.4, 0.5) is 5.69 Å². The van der Waals surface area contributed by atoms with Gasteiger partial charge in [0, 0.05) is 25.2 Å². The van der Waals surface area contributed by atoms with Gasteiger partial charge in [0.2, 0.25) is 5.91 Å². The van der Waals surface area contributed by atoms with Crippen molar-refractivity contribution >= 4 is 17.5 Å². The number of para-hydroxylation sites is 2. The van der Waals surface area contributed by atoms with E-state index in [9.17, 15) is 14.7 Å². The molecule has 1 aliphatic carbocycles. The number of amides is 2. The van der Waals surface area contributed by atoms with Crippen molar-refractivity contribution in [2.75, 3.05) is 24.5 Å².